The standard InChI is InChI=1S/C33H24N2O8/c1-34-25-7-3-9-27(18-25)41-32(38)24-12-11-21-17-29(14-13-20(21)15-24)42-31(37)23-6-2-5-22(16-23)30(36)35-26-8-4-10-28(19-26)43-33(39)40/h2-19,34H,1H3,(H,35,36)(H,39,40). The maximum atomic E-state index is 12.9. The van der Waals surface area contributed by atoms with Crippen LogP contribution in [0.3, 0.4) is 0 Å². The Morgan fingerprint density at radius 3 is 1.84 bits per heavy atom. The first-order valence-electron chi connectivity index (χ1n) is 13.0. The lowest BCUT2D eigenvalue weighted by atomic mass is 10.1. The van der Waals surface area contributed by atoms with Gasteiger partial charge in [0, 0.05) is 36.1 Å². The molecule has 0 spiro atoms. The van der Waals surface area contributed by atoms with Gasteiger partial charge >= 0.3 is 18.1 Å². The molecule has 10 nitrogen and oxygen atoms in total. The number of ether oxygens (including phenoxy) is 3. The van der Waals surface area contributed by atoms with Crippen molar-refractivity contribution in [3.63, 3.8) is 0 Å². The first-order chi connectivity index (χ1) is 20.8. The molecule has 0 atom stereocenters. The molecule has 43 heavy (non-hydrogen) atoms. The van der Waals surface area contributed by atoms with Crippen LogP contribution in [0.1, 0.15) is 31.1 Å². The molecule has 0 bridgehead atoms. The van der Waals surface area contributed by atoms with Crippen LogP contribution in [-0.2, 0) is 0 Å². The third-order valence-electron chi connectivity index (χ3n) is 6.25. The van der Waals surface area contributed by atoms with Crippen molar-refractivity contribution in [2.24, 2.45) is 0 Å². The first-order valence-corrected chi connectivity index (χ1v) is 13.0. The highest BCUT2D eigenvalue weighted by Gasteiger charge is 2.15. The smallest absolute Gasteiger partial charge is 0.449 e. The van der Waals surface area contributed by atoms with E-state index in [1.54, 1.807) is 73.8 Å². The third kappa shape index (κ3) is 7.14. The minimum absolute atomic E-state index is 0.0460. The largest absolute Gasteiger partial charge is 0.511 e. The molecule has 5 aromatic rings. The van der Waals surface area contributed by atoms with Gasteiger partial charge < -0.3 is 30.0 Å². The van der Waals surface area contributed by atoms with E-state index in [2.05, 4.69) is 15.4 Å². The quantitative estimate of drug-likeness (QED) is 0.105. The number of fused-ring (bicyclic) bond motifs is 1. The van der Waals surface area contributed by atoms with Crippen LogP contribution >= 0.6 is 0 Å². The van der Waals surface area contributed by atoms with Crippen LogP contribution < -0.4 is 24.8 Å². The maximum absolute atomic E-state index is 12.9. The molecule has 0 saturated heterocycles. The molecule has 5 aromatic carbocycles. The van der Waals surface area contributed by atoms with Crippen LogP contribution in [0.4, 0.5) is 16.2 Å². The van der Waals surface area contributed by atoms with Crippen molar-refractivity contribution in [3.05, 3.63) is 126 Å². The van der Waals surface area contributed by atoms with E-state index in [1.807, 2.05) is 6.07 Å². The lowest BCUT2D eigenvalue weighted by Crippen LogP contribution is -2.14. The Morgan fingerprint density at radius 2 is 1.12 bits per heavy atom. The van der Waals surface area contributed by atoms with Gasteiger partial charge in [0.15, 0.2) is 0 Å². The van der Waals surface area contributed by atoms with Crippen molar-refractivity contribution in [1.82, 2.24) is 0 Å². The number of hydrogen-bond donors (Lipinski definition) is 3. The fraction of sp³-hybridized carbons (Fsp3) is 0.0303. The second-order valence-electron chi connectivity index (χ2n) is 9.21. The average Bonchev–Trinajstić information content (AvgIpc) is 3.00. The maximum Gasteiger partial charge on any atom is 0.511 e. The fourth-order valence-electron chi connectivity index (χ4n) is 4.19. The molecule has 0 heterocycles. The molecule has 0 aromatic heterocycles. The summed E-state index contributed by atoms with van der Waals surface area (Å²) in [4.78, 5) is 49.1. The number of esters is 2. The summed E-state index contributed by atoms with van der Waals surface area (Å²) in [7, 11) is 1.78. The summed E-state index contributed by atoms with van der Waals surface area (Å²) in [5, 5.41) is 15.9. The SMILES string of the molecule is CNc1cccc(OC(=O)c2ccc3cc(OC(=O)c4cccc(C(=O)Nc5cccc(OC(=O)O)c5)c4)ccc3c2)c1. The molecule has 0 unspecified atom stereocenters. The van der Waals surface area contributed by atoms with Crippen molar-refractivity contribution >= 4 is 46.1 Å². The van der Waals surface area contributed by atoms with Gasteiger partial charge in [0.05, 0.1) is 11.1 Å². The second-order valence-corrected chi connectivity index (χ2v) is 9.21. The first kappa shape index (κ1) is 28.4. The highest BCUT2D eigenvalue weighted by atomic mass is 16.7. The summed E-state index contributed by atoms with van der Waals surface area (Å²) in [5.74, 6) is -0.950. The summed E-state index contributed by atoms with van der Waals surface area (Å²) in [5.41, 5.74) is 1.83. The van der Waals surface area contributed by atoms with Gasteiger partial charge in [-0.25, -0.2) is 14.4 Å². The molecule has 214 valence electrons. The Kier molecular flexibility index (Phi) is 8.29. The summed E-state index contributed by atoms with van der Waals surface area (Å²) in [6.45, 7) is 0. The normalized spacial score (nSPS) is 10.4. The van der Waals surface area contributed by atoms with Crippen LogP contribution in [0.15, 0.2) is 109 Å². The molecule has 0 fully saturated rings. The molecule has 0 aliphatic carbocycles. The van der Waals surface area contributed by atoms with Crippen molar-refractivity contribution in [2.75, 3.05) is 17.7 Å². The van der Waals surface area contributed by atoms with E-state index in [0.717, 1.165) is 16.5 Å². The minimum atomic E-state index is -1.47. The number of amides is 1. The molecule has 1 amide bonds. The van der Waals surface area contributed by atoms with E-state index in [4.69, 9.17) is 14.6 Å². The van der Waals surface area contributed by atoms with E-state index in [0.29, 0.717) is 17.0 Å². The minimum Gasteiger partial charge on any atom is -0.449 e. The molecule has 5 rings (SSSR count). The fourth-order valence-corrected chi connectivity index (χ4v) is 4.19. The predicted molar refractivity (Wildman–Crippen MR) is 159 cm³/mol. The molecule has 3 N–H and O–H groups in total. The van der Waals surface area contributed by atoms with Crippen molar-refractivity contribution in [1.29, 1.82) is 0 Å². The van der Waals surface area contributed by atoms with Crippen molar-refractivity contribution < 1.29 is 38.5 Å². The number of nitrogens with one attached hydrogen (secondary N) is 2. The van der Waals surface area contributed by atoms with E-state index < -0.39 is 24.0 Å². The molecular weight excluding hydrogens is 552 g/mol. The molecule has 10 heteroatoms. The van der Waals surface area contributed by atoms with Gasteiger partial charge in [-0.05, 0) is 77.5 Å². The Balaban J connectivity index is 1.25. The van der Waals surface area contributed by atoms with Crippen molar-refractivity contribution in [3.8, 4) is 17.2 Å². The summed E-state index contributed by atoms with van der Waals surface area (Å²) in [6.07, 6.45) is -1.47. The van der Waals surface area contributed by atoms with Gasteiger partial charge in [0.1, 0.15) is 17.2 Å². The zero-order valence-electron chi connectivity index (χ0n) is 22.7. The van der Waals surface area contributed by atoms with Crippen LogP contribution in [-0.4, -0.2) is 36.2 Å². The van der Waals surface area contributed by atoms with Crippen LogP contribution in [0.25, 0.3) is 10.8 Å². The van der Waals surface area contributed by atoms with E-state index in [1.165, 1.54) is 36.4 Å². The van der Waals surface area contributed by atoms with Gasteiger partial charge in [-0.1, -0.05) is 30.3 Å². The van der Waals surface area contributed by atoms with Crippen LogP contribution in [0, 0.1) is 0 Å². The molecule has 0 radical (unpaired) electrons. The summed E-state index contributed by atoms with van der Waals surface area (Å²) in [6, 6.07) is 29.0. The Morgan fingerprint density at radius 1 is 0.558 bits per heavy atom. The average molecular weight is 577 g/mol. The highest BCUT2D eigenvalue weighted by molar-refractivity contribution is 6.06. The molecule has 0 aliphatic rings. The topological polar surface area (TPSA) is 140 Å². The number of carbonyl (C=O) groups is 4. The van der Waals surface area contributed by atoms with E-state index >= 15 is 0 Å². The van der Waals surface area contributed by atoms with E-state index in [-0.39, 0.29) is 22.6 Å². The number of carboxylic acid groups (broad SMARTS) is 1. The van der Waals surface area contributed by atoms with Crippen molar-refractivity contribution in [2.45, 2.75) is 0 Å². The number of rotatable bonds is 8. The molecule has 0 aliphatic heterocycles. The van der Waals surface area contributed by atoms with Gasteiger partial charge in [0.25, 0.3) is 5.91 Å². The Bertz CT molecular complexity index is 1870. The van der Waals surface area contributed by atoms with Gasteiger partial charge in [-0.15, -0.1) is 0 Å². The van der Waals surface area contributed by atoms with Crippen LogP contribution in [0.5, 0.6) is 17.2 Å². The van der Waals surface area contributed by atoms with Gasteiger partial charge in [0.2, 0.25) is 0 Å². The summed E-state index contributed by atoms with van der Waals surface area (Å²) < 4.78 is 15.6. The van der Waals surface area contributed by atoms with Gasteiger partial charge in [-0.3, -0.25) is 4.79 Å². The van der Waals surface area contributed by atoms with Gasteiger partial charge in [-0.2, -0.15) is 0 Å². The van der Waals surface area contributed by atoms with E-state index in [9.17, 15) is 19.2 Å². The summed E-state index contributed by atoms with van der Waals surface area (Å²) >= 11 is 0. The second kappa shape index (κ2) is 12.6. The van der Waals surface area contributed by atoms with Crippen LogP contribution in [0.2, 0.25) is 0 Å². The highest BCUT2D eigenvalue weighted by Crippen LogP contribution is 2.25. The third-order valence-corrected chi connectivity index (χ3v) is 6.25. The Hall–Kier alpha value is -6.16. The number of anilines is 2. The number of benzene rings is 5. The zero-order valence-corrected chi connectivity index (χ0v) is 22.7. The lowest BCUT2D eigenvalue weighted by Gasteiger charge is -2.10. The zero-order chi connectivity index (χ0) is 30.3. The lowest BCUT2D eigenvalue weighted by molar-refractivity contribution is 0.0725. The number of hydrogen-bond acceptors (Lipinski definition) is 8. The predicted octanol–water partition coefficient (Wildman–Crippen LogP) is 6.63. The molecular formula is C33H24N2O8. The Labute approximate surface area is 245 Å². The number of carbonyl (C=O) groups excluding carboxylic acids is 3. The monoisotopic (exact) mass is 576 g/mol. The molecule has 0 saturated carbocycles.